The van der Waals surface area contributed by atoms with E-state index in [9.17, 15) is 9.59 Å². The van der Waals surface area contributed by atoms with Crippen molar-refractivity contribution in [1.29, 1.82) is 0 Å². The zero-order valence-corrected chi connectivity index (χ0v) is 24.6. The highest BCUT2D eigenvalue weighted by atomic mass is 35.5. The molecule has 0 amide bonds. The fourth-order valence-electron chi connectivity index (χ4n) is 4.81. The summed E-state index contributed by atoms with van der Waals surface area (Å²) in [5.41, 5.74) is 2.14. The minimum Gasteiger partial charge on any atom is -0.375 e. The maximum atomic E-state index is 13.0. The molecular formula is C27H26Cl2N6O2S2. The van der Waals surface area contributed by atoms with Gasteiger partial charge in [0.25, 0.3) is 11.1 Å². The number of benzene rings is 1. The largest absolute Gasteiger partial charge is 0.375 e. The van der Waals surface area contributed by atoms with Crippen molar-refractivity contribution in [2.45, 2.75) is 43.0 Å². The molecule has 0 bridgehead atoms. The summed E-state index contributed by atoms with van der Waals surface area (Å²) in [6.07, 6.45) is 12.1. The lowest BCUT2D eigenvalue weighted by molar-refractivity contribution is 0.345. The molecule has 6 rings (SSSR count). The normalized spacial score (nSPS) is 13.9. The molecule has 0 atom stereocenters. The number of hydrogen-bond donors (Lipinski definition) is 1. The second-order valence-corrected chi connectivity index (χ2v) is 11.8. The van der Waals surface area contributed by atoms with Crippen molar-refractivity contribution in [3.63, 3.8) is 0 Å². The molecule has 1 aliphatic carbocycles. The van der Waals surface area contributed by atoms with Gasteiger partial charge >= 0.3 is 0 Å². The molecular weight excluding hydrogens is 575 g/mol. The molecule has 1 saturated carbocycles. The summed E-state index contributed by atoms with van der Waals surface area (Å²) in [4.78, 5) is 39.7. The molecule has 0 spiro atoms. The Bertz CT molecular complexity index is 1760. The lowest BCUT2D eigenvalue weighted by Crippen LogP contribution is -2.26. The van der Waals surface area contributed by atoms with Crippen LogP contribution in [0, 0.1) is 0 Å². The molecule has 12 heteroatoms. The van der Waals surface area contributed by atoms with Crippen molar-refractivity contribution in [1.82, 2.24) is 24.1 Å². The summed E-state index contributed by atoms with van der Waals surface area (Å²) in [6, 6.07) is 7.21. The van der Waals surface area contributed by atoms with Crippen LogP contribution in [0.25, 0.3) is 26.0 Å². The molecule has 1 fully saturated rings. The predicted octanol–water partition coefficient (Wildman–Crippen LogP) is 6.41. The summed E-state index contributed by atoms with van der Waals surface area (Å²) in [5.74, 6) is 0. The maximum Gasteiger partial charge on any atom is 0.271 e. The summed E-state index contributed by atoms with van der Waals surface area (Å²) >= 11 is 17.5. The van der Waals surface area contributed by atoms with E-state index < -0.39 is 0 Å². The van der Waals surface area contributed by atoms with Gasteiger partial charge in [-0.15, -0.1) is 24.0 Å². The van der Waals surface area contributed by atoms with Crippen LogP contribution in [-0.2, 0) is 0 Å². The first kappa shape index (κ1) is 27.6. The fraction of sp³-hybridized carbons (Fsp3) is 0.296. The molecule has 0 N–H and O–H groups in total. The number of nitrogens with zero attached hydrogens (tertiary/aromatic N) is 6. The lowest BCUT2D eigenvalue weighted by atomic mass is 9.95. The van der Waals surface area contributed by atoms with Gasteiger partial charge in [-0.25, -0.2) is 15.0 Å². The molecule has 4 aromatic heterocycles. The quantitative estimate of drug-likeness (QED) is 0.190. The molecule has 0 unspecified atom stereocenters. The lowest BCUT2D eigenvalue weighted by Gasteiger charge is -2.23. The Hall–Kier alpha value is -2.92. The van der Waals surface area contributed by atoms with Crippen molar-refractivity contribution < 1.29 is 0 Å². The van der Waals surface area contributed by atoms with E-state index in [1.165, 1.54) is 47.7 Å². The first-order chi connectivity index (χ1) is 18.8. The van der Waals surface area contributed by atoms with Crippen molar-refractivity contribution >= 4 is 73.2 Å². The van der Waals surface area contributed by atoms with Crippen LogP contribution in [0.1, 0.15) is 38.1 Å². The monoisotopic (exact) mass is 600 g/mol. The molecule has 0 saturated heterocycles. The highest BCUT2D eigenvalue weighted by Gasteiger charge is 2.22. The van der Waals surface area contributed by atoms with Crippen LogP contribution in [0.4, 0.5) is 5.69 Å². The number of rotatable bonds is 3. The number of thiol groups is 1. The number of anilines is 1. The Labute approximate surface area is 244 Å². The van der Waals surface area contributed by atoms with Gasteiger partial charge in [0, 0.05) is 42.9 Å². The first-order valence-corrected chi connectivity index (χ1v) is 14.4. The third-order valence-electron chi connectivity index (χ3n) is 6.71. The highest BCUT2D eigenvalue weighted by Crippen LogP contribution is 2.40. The third kappa shape index (κ3) is 5.56. The van der Waals surface area contributed by atoms with E-state index in [0.29, 0.717) is 25.5 Å². The van der Waals surface area contributed by atoms with E-state index in [0.717, 1.165) is 34.1 Å². The van der Waals surface area contributed by atoms with Gasteiger partial charge in [0.15, 0.2) is 5.15 Å². The Kier molecular flexibility index (Phi) is 8.27. The van der Waals surface area contributed by atoms with Gasteiger partial charge in [-0.2, -0.15) is 0 Å². The smallest absolute Gasteiger partial charge is 0.271 e. The summed E-state index contributed by atoms with van der Waals surface area (Å²) in [7, 11) is 3.85. The van der Waals surface area contributed by atoms with Crippen molar-refractivity contribution in [2.24, 2.45) is 0 Å². The molecule has 39 heavy (non-hydrogen) atoms. The molecule has 1 aromatic carbocycles. The second-order valence-electron chi connectivity index (χ2n) is 9.49. The summed E-state index contributed by atoms with van der Waals surface area (Å²) in [5, 5.41) is 1.99. The van der Waals surface area contributed by atoms with Crippen LogP contribution in [-0.4, -0.2) is 38.2 Å². The van der Waals surface area contributed by atoms with Crippen LogP contribution in [0.5, 0.6) is 0 Å². The van der Waals surface area contributed by atoms with E-state index >= 15 is 0 Å². The molecule has 202 valence electrons. The van der Waals surface area contributed by atoms with Gasteiger partial charge < -0.3 is 4.90 Å². The predicted molar refractivity (Wildman–Crippen MR) is 163 cm³/mol. The van der Waals surface area contributed by atoms with Crippen molar-refractivity contribution in [2.75, 3.05) is 19.0 Å². The summed E-state index contributed by atoms with van der Waals surface area (Å²) < 4.78 is 4.90. The van der Waals surface area contributed by atoms with E-state index in [-0.39, 0.29) is 17.2 Å². The Morgan fingerprint density at radius 2 is 1.69 bits per heavy atom. The third-order valence-corrected chi connectivity index (χ3v) is 8.65. The zero-order chi connectivity index (χ0) is 27.7. The molecule has 4 heterocycles. The van der Waals surface area contributed by atoms with Crippen LogP contribution in [0.15, 0.2) is 63.8 Å². The van der Waals surface area contributed by atoms with Gasteiger partial charge in [0.1, 0.15) is 11.0 Å². The number of hydrogen-bond acceptors (Lipinski definition) is 8. The van der Waals surface area contributed by atoms with E-state index in [1.54, 1.807) is 36.8 Å². The van der Waals surface area contributed by atoms with E-state index in [2.05, 4.69) is 27.6 Å². The van der Waals surface area contributed by atoms with Gasteiger partial charge in [0.2, 0.25) is 0 Å². The van der Waals surface area contributed by atoms with Gasteiger partial charge in [-0.05, 0) is 37.1 Å². The molecule has 0 aliphatic heterocycles. The Balaban J connectivity index is 0.000000177. The maximum absolute atomic E-state index is 13.0. The highest BCUT2D eigenvalue weighted by molar-refractivity contribution is 7.80. The van der Waals surface area contributed by atoms with Gasteiger partial charge in [-0.3, -0.25) is 18.7 Å². The average molecular weight is 602 g/mol. The van der Waals surface area contributed by atoms with Crippen LogP contribution >= 0.6 is 47.2 Å². The molecule has 8 nitrogen and oxygen atoms in total. The second kappa shape index (κ2) is 11.7. The molecule has 0 radical (unpaired) electrons. The van der Waals surface area contributed by atoms with E-state index in [4.69, 9.17) is 23.2 Å². The number of fused-ring (bicyclic) bond motifs is 3. The van der Waals surface area contributed by atoms with Crippen molar-refractivity contribution in [3.05, 3.63) is 80.2 Å². The van der Waals surface area contributed by atoms with Crippen molar-refractivity contribution in [3.8, 4) is 5.69 Å². The average Bonchev–Trinajstić information content (AvgIpc) is 3.31. The minimum absolute atomic E-state index is 0.0638. The summed E-state index contributed by atoms with van der Waals surface area (Å²) in [6.45, 7) is 0. The number of thiophene rings is 1. The minimum atomic E-state index is -0.198. The SMILES string of the molecule is CN(C)c1c(Cl)ncc2sc3c(=O)n(C4CCCCC4)cnc3c12.O=c1c(S)cncn1-c1ccc(Cl)cc1. The topological polar surface area (TPSA) is 85.9 Å². The number of pyridine rings is 1. The fourth-order valence-corrected chi connectivity index (χ4v) is 6.49. The Morgan fingerprint density at radius 1 is 0.974 bits per heavy atom. The van der Waals surface area contributed by atoms with E-state index in [1.807, 2.05) is 23.6 Å². The van der Waals surface area contributed by atoms with Gasteiger partial charge in [-0.1, -0.05) is 42.5 Å². The number of halogens is 2. The zero-order valence-electron chi connectivity index (χ0n) is 21.3. The first-order valence-electron chi connectivity index (χ1n) is 12.4. The van der Waals surface area contributed by atoms with Gasteiger partial charge in [0.05, 0.1) is 32.8 Å². The standard InChI is InChI=1S/C17H19ClN4OS.C10H7ClN2OS/c1-21(2)14-12-11(8-19-16(14)18)24-15-13(12)20-9-22(17(15)23)10-6-4-3-5-7-10;11-7-1-3-8(4-2-7)13-6-12-5-9(15)10(13)14/h8-10H,3-7H2,1-2H3;1-6,15H. The molecule has 1 aliphatic rings. The number of aromatic nitrogens is 5. The van der Waals surface area contributed by atoms with Crippen LogP contribution in [0.3, 0.4) is 0 Å². The Morgan fingerprint density at radius 3 is 2.38 bits per heavy atom. The van der Waals surface area contributed by atoms with Crippen LogP contribution < -0.4 is 16.0 Å². The molecule has 5 aromatic rings. The van der Waals surface area contributed by atoms with Crippen LogP contribution in [0.2, 0.25) is 10.2 Å².